The van der Waals surface area contributed by atoms with Gasteiger partial charge in [0, 0.05) is 18.0 Å². The van der Waals surface area contributed by atoms with Gasteiger partial charge in [-0.3, -0.25) is 0 Å². The zero-order valence-electron chi connectivity index (χ0n) is 9.41. The quantitative estimate of drug-likeness (QED) is 0.849. The fourth-order valence-corrected chi connectivity index (χ4v) is 3.08. The van der Waals surface area contributed by atoms with Gasteiger partial charge in [-0.05, 0) is 18.8 Å². The molecule has 0 amide bonds. The first kappa shape index (κ1) is 11.1. The molecule has 1 aromatic heterocycles. The van der Waals surface area contributed by atoms with Gasteiger partial charge in [0.1, 0.15) is 0 Å². The highest BCUT2D eigenvalue weighted by Crippen LogP contribution is 2.26. The number of rotatable bonds is 4. The maximum atomic E-state index is 4.31. The molecule has 2 atom stereocenters. The van der Waals surface area contributed by atoms with E-state index in [2.05, 4.69) is 22.6 Å². The molecule has 84 valence electrons. The molecule has 1 aromatic rings. The van der Waals surface area contributed by atoms with Gasteiger partial charge in [-0.25, -0.2) is 4.98 Å². The van der Waals surface area contributed by atoms with Gasteiger partial charge in [0.15, 0.2) is 0 Å². The minimum atomic E-state index is 0.727. The van der Waals surface area contributed by atoms with Crippen LogP contribution in [0.3, 0.4) is 0 Å². The first-order valence-electron chi connectivity index (χ1n) is 6.00. The molecule has 1 N–H and O–H groups in total. The van der Waals surface area contributed by atoms with Crippen molar-refractivity contribution < 1.29 is 0 Å². The second-order valence-electron chi connectivity index (χ2n) is 4.42. The van der Waals surface area contributed by atoms with Gasteiger partial charge in [-0.2, -0.15) is 0 Å². The Labute approximate surface area is 96.1 Å². The summed E-state index contributed by atoms with van der Waals surface area (Å²) in [7, 11) is 0. The van der Waals surface area contributed by atoms with E-state index in [-0.39, 0.29) is 0 Å². The van der Waals surface area contributed by atoms with Crippen molar-refractivity contribution in [3.8, 4) is 0 Å². The molecule has 2 unspecified atom stereocenters. The second-order valence-corrected chi connectivity index (χ2v) is 5.14. The van der Waals surface area contributed by atoms with Crippen LogP contribution in [0, 0.1) is 5.92 Å². The van der Waals surface area contributed by atoms with Gasteiger partial charge < -0.3 is 5.32 Å². The van der Waals surface area contributed by atoms with Crippen LogP contribution in [0.4, 0.5) is 0 Å². The Morgan fingerprint density at radius 3 is 3.07 bits per heavy atom. The van der Waals surface area contributed by atoms with Crippen LogP contribution in [-0.2, 0) is 6.54 Å². The van der Waals surface area contributed by atoms with Crippen LogP contribution in [0.15, 0.2) is 10.9 Å². The smallest absolute Gasteiger partial charge is 0.0795 e. The lowest BCUT2D eigenvalue weighted by atomic mass is 9.83. The van der Waals surface area contributed by atoms with E-state index in [0.29, 0.717) is 0 Å². The van der Waals surface area contributed by atoms with Crippen molar-refractivity contribution in [1.82, 2.24) is 10.3 Å². The Bertz CT molecular complexity index is 271. The average molecular weight is 224 g/mol. The van der Waals surface area contributed by atoms with E-state index < -0.39 is 0 Å². The number of nitrogens with zero attached hydrogens (tertiary/aromatic N) is 1. The van der Waals surface area contributed by atoms with E-state index in [1.807, 2.05) is 5.51 Å². The monoisotopic (exact) mass is 224 g/mol. The fourth-order valence-electron chi connectivity index (χ4n) is 2.53. The largest absolute Gasteiger partial charge is 0.308 e. The molecule has 2 rings (SSSR count). The number of nitrogens with one attached hydrogen (secondary N) is 1. The summed E-state index contributed by atoms with van der Waals surface area (Å²) in [6, 6.07) is 0.727. The molecule has 0 radical (unpaired) electrons. The zero-order chi connectivity index (χ0) is 10.5. The molecular formula is C12H20N2S. The Balaban J connectivity index is 1.81. The topological polar surface area (TPSA) is 24.9 Å². The Morgan fingerprint density at radius 2 is 2.33 bits per heavy atom. The molecule has 0 spiro atoms. The highest BCUT2D eigenvalue weighted by molar-refractivity contribution is 7.07. The maximum absolute atomic E-state index is 4.31. The van der Waals surface area contributed by atoms with Crippen molar-refractivity contribution in [1.29, 1.82) is 0 Å². The Hall–Kier alpha value is -0.410. The molecule has 1 saturated carbocycles. The van der Waals surface area contributed by atoms with Crippen molar-refractivity contribution in [3.05, 3.63) is 16.6 Å². The lowest BCUT2D eigenvalue weighted by Crippen LogP contribution is -2.37. The summed E-state index contributed by atoms with van der Waals surface area (Å²) in [6.07, 6.45) is 6.89. The van der Waals surface area contributed by atoms with Crippen LogP contribution in [0.2, 0.25) is 0 Å². The zero-order valence-corrected chi connectivity index (χ0v) is 10.2. The van der Waals surface area contributed by atoms with E-state index >= 15 is 0 Å². The molecule has 0 aromatic carbocycles. The van der Waals surface area contributed by atoms with E-state index in [0.717, 1.165) is 18.5 Å². The predicted octanol–water partition coefficient (Wildman–Crippen LogP) is 3.20. The number of aromatic nitrogens is 1. The average Bonchev–Trinajstić information content (AvgIpc) is 2.79. The third-order valence-electron chi connectivity index (χ3n) is 3.46. The SMILES string of the molecule is CCC1CCCCC1NCc1cscn1. The third-order valence-corrected chi connectivity index (χ3v) is 4.10. The summed E-state index contributed by atoms with van der Waals surface area (Å²) < 4.78 is 0. The summed E-state index contributed by atoms with van der Waals surface area (Å²) in [4.78, 5) is 4.31. The minimum absolute atomic E-state index is 0.727. The van der Waals surface area contributed by atoms with Crippen LogP contribution in [0.1, 0.15) is 44.7 Å². The summed E-state index contributed by atoms with van der Waals surface area (Å²) >= 11 is 1.68. The van der Waals surface area contributed by atoms with Crippen LogP contribution in [0.5, 0.6) is 0 Å². The Morgan fingerprint density at radius 1 is 1.47 bits per heavy atom. The van der Waals surface area contributed by atoms with Gasteiger partial charge in [0.2, 0.25) is 0 Å². The summed E-state index contributed by atoms with van der Waals surface area (Å²) in [5.74, 6) is 0.886. The minimum Gasteiger partial charge on any atom is -0.308 e. The molecule has 2 nitrogen and oxygen atoms in total. The van der Waals surface area contributed by atoms with Crippen LogP contribution >= 0.6 is 11.3 Å². The molecule has 1 aliphatic rings. The maximum Gasteiger partial charge on any atom is 0.0795 e. The van der Waals surface area contributed by atoms with Crippen molar-refractivity contribution in [2.45, 2.75) is 51.6 Å². The number of hydrogen-bond acceptors (Lipinski definition) is 3. The van der Waals surface area contributed by atoms with E-state index in [1.54, 1.807) is 11.3 Å². The lowest BCUT2D eigenvalue weighted by Gasteiger charge is -2.31. The van der Waals surface area contributed by atoms with Gasteiger partial charge in [0.25, 0.3) is 0 Å². The van der Waals surface area contributed by atoms with Crippen LogP contribution in [-0.4, -0.2) is 11.0 Å². The molecule has 0 saturated heterocycles. The third kappa shape index (κ3) is 3.02. The standard InChI is InChI=1S/C12H20N2S/c1-2-10-5-3-4-6-12(10)13-7-11-8-15-9-14-11/h8-10,12-13H,2-7H2,1H3. The number of hydrogen-bond donors (Lipinski definition) is 1. The molecule has 0 aliphatic heterocycles. The van der Waals surface area contributed by atoms with E-state index in [1.165, 1.54) is 37.8 Å². The molecular weight excluding hydrogens is 204 g/mol. The van der Waals surface area contributed by atoms with Crippen molar-refractivity contribution >= 4 is 11.3 Å². The van der Waals surface area contributed by atoms with Crippen LogP contribution < -0.4 is 5.32 Å². The first-order chi connectivity index (χ1) is 7.40. The van der Waals surface area contributed by atoms with E-state index in [4.69, 9.17) is 0 Å². The summed E-state index contributed by atoms with van der Waals surface area (Å²) in [5, 5.41) is 5.80. The first-order valence-corrected chi connectivity index (χ1v) is 6.95. The van der Waals surface area contributed by atoms with Crippen LogP contribution in [0.25, 0.3) is 0 Å². The fraction of sp³-hybridized carbons (Fsp3) is 0.750. The highest BCUT2D eigenvalue weighted by atomic mass is 32.1. The molecule has 1 fully saturated rings. The predicted molar refractivity (Wildman–Crippen MR) is 65.0 cm³/mol. The lowest BCUT2D eigenvalue weighted by molar-refractivity contribution is 0.254. The van der Waals surface area contributed by atoms with Crippen molar-refractivity contribution in [2.75, 3.05) is 0 Å². The summed E-state index contributed by atoms with van der Waals surface area (Å²) in [6.45, 7) is 3.26. The molecule has 1 heterocycles. The van der Waals surface area contributed by atoms with Gasteiger partial charge >= 0.3 is 0 Å². The van der Waals surface area contributed by atoms with Crippen molar-refractivity contribution in [3.63, 3.8) is 0 Å². The molecule has 3 heteroatoms. The second kappa shape index (κ2) is 5.61. The molecule has 1 aliphatic carbocycles. The van der Waals surface area contributed by atoms with Gasteiger partial charge in [-0.1, -0.05) is 26.2 Å². The van der Waals surface area contributed by atoms with Gasteiger partial charge in [-0.15, -0.1) is 11.3 Å². The molecule has 15 heavy (non-hydrogen) atoms. The van der Waals surface area contributed by atoms with Gasteiger partial charge in [0.05, 0.1) is 11.2 Å². The summed E-state index contributed by atoms with van der Waals surface area (Å²) in [5.41, 5.74) is 3.11. The molecule has 0 bridgehead atoms. The normalized spacial score (nSPS) is 26.7. The Kier molecular flexibility index (Phi) is 4.15. The van der Waals surface area contributed by atoms with E-state index in [9.17, 15) is 0 Å². The highest BCUT2D eigenvalue weighted by Gasteiger charge is 2.22. The van der Waals surface area contributed by atoms with Crippen molar-refractivity contribution in [2.24, 2.45) is 5.92 Å². The number of thiazole rings is 1.